The molecule has 0 amide bonds. The second-order valence-electron chi connectivity index (χ2n) is 5.29. The predicted molar refractivity (Wildman–Crippen MR) is 70.2 cm³/mol. The maximum Gasteiger partial charge on any atom is 0.0845 e. The van der Waals surface area contributed by atoms with Gasteiger partial charge in [0, 0.05) is 0 Å². The van der Waals surface area contributed by atoms with Crippen LogP contribution in [0.5, 0.6) is 0 Å². The minimum Gasteiger partial charge on any atom is -0.103 e. The Labute approximate surface area is 94.0 Å². The van der Waals surface area contributed by atoms with Gasteiger partial charge in [0.1, 0.15) is 0 Å². The normalized spacial score (nSPS) is 29.9. The summed E-state index contributed by atoms with van der Waals surface area (Å²) < 4.78 is 0. The van der Waals surface area contributed by atoms with E-state index >= 15 is 0 Å². The van der Waals surface area contributed by atoms with Crippen LogP contribution in [-0.2, 0) is 0 Å². The molecule has 1 aromatic carbocycles. The molecule has 1 aromatic rings. The van der Waals surface area contributed by atoms with Gasteiger partial charge in [-0.2, -0.15) is 0 Å². The second kappa shape index (κ2) is 3.64. The largest absolute Gasteiger partial charge is 0.103 e. The third-order valence-corrected chi connectivity index (χ3v) is 8.47. The van der Waals surface area contributed by atoms with Gasteiger partial charge in [-0.3, -0.25) is 0 Å². The van der Waals surface area contributed by atoms with Crippen LogP contribution >= 0.6 is 0 Å². The summed E-state index contributed by atoms with van der Waals surface area (Å²) in [5.41, 5.74) is 0.900. The van der Waals surface area contributed by atoms with Crippen LogP contribution in [0.2, 0.25) is 18.6 Å². The Morgan fingerprint density at radius 1 is 1.20 bits per heavy atom. The molecule has 0 bridgehead atoms. The van der Waals surface area contributed by atoms with E-state index in [4.69, 9.17) is 0 Å². The number of rotatable bonds is 3. The fraction of sp³-hybridized carbons (Fsp3) is 0.429. The van der Waals surface area contributed by atoms with Crippen LogP contribution in [0.15, 0.2) is 43.0 Å². The van der Waals surface area contributed by atoms with E-state index in [2.05, 4.69) is 63.0 Å². The van der Waals surface area contributed by atoms with Crippen molar-refractivity contribution >= 4 is 13.3 Å². The maximum atomic E-state index is 3.95. The molecule has 1 saturated carbocycles. The van der Waals surface area contributed by atoms with Gasteiger partial charge in [0.05, 0.1) is 8.07 Å². The summed E-state index contributed by atoms with van der Waals surface area (Å²) in [6.45, 7) is 11.3. The summed E-state index contributed by atoms with van der Waals surface area (Å²) in [5, 5.41) is 1.59. The summed E-state index contributed by atoms with van der Waals surface area (Å²) in [4.78, 5) is 0. The van der Waals surface area contributed by atoms with E-state index < -0.39 is 8.07 Å². The van der Waals surface area contributed by atoms with Gasteiger partial charge >= 0.3 is 0 Å². The molecule has 0 nitrogen and oxygen atoms in total. The minimum atomic E-state index is -1.26. The highest BCUT2D eigenvalue weighted by Crippen LogP contribution is 2.57. The molecule has 1 aliphatic carbocycles. The number of benzene rings is 1. The highest BCUT2D eigenvalue weighted by atomic mass is 28.3. The van der Waals surface area contributed by atoms with Crippen LogP contribution in [0.3, 0.4) is 0 Å². The Morgan fingerprint density at radius 2 is 1.80 bits per heavy atom. The quantitative estimate of drug-likeness (QED) is 0.536. The van der Waals surface area contributed by atoms with Crippen molar-refractivity contribution in [3.8, 4) is 0 Å². The minimum absolute atomic E-state index is 0.770. The van der Waals surface area contributed by atoms with Crippen molar-refractivity contribution in [2.75, 3.05) is 0 Å². The van der Waals surface area contributed by atoms with Gasteiger partial charge in [0.2, 0.25) is 0 Å². The van der Waals surface area contributed by atoms with E-state index in [0.29, 0.717) is 0 Å². The number of allylic oxidation sites excluding steroid dienone is 1. The molecule has 3 atom stereocenters. The lowest BCUT2D eigenvalue weighted by atomic mass is 10.3. The molecule has 0 radical (unpaired) electrons. The van der Waals surface area contributed by atoms with Crippen LogP contribution in [0.1, 0.15) is 6.92 Å². The molecule has 0 unspecified atom stereocenters. The van der Waals surface area contributed by atoms with Gasteiger partial charge in [0.25, 0.3) is 0 Å². The van der Waals surface area contributed by atoms with E-state index in [-0.39, 0.29) is 0 Å². The molecule has 0 aliphatic heterocycles. The molecule has 0 aromatic heterocycles. The van der Waals surface area contributed by atoms with Crippen molar-refractivity contribution in [2.24, 2.45) is 11.8 Å². The van der Waals surface area contributed by atoms with Crippen LogP contribution < -0.4 is 5.19 Å². The summed E-state index contributed by atoms with van der Waals surface area (Å²) >= 11 is 0. The first-order valence-electron chi connectivity index (χ1n) is 5.77. The third kappa shape index (κ3) is 1.69. The Balaban J connectivity index is 2.25. The Hall–Kier alpha value is -0.823. The molecule has 1 fully saturated rings. The van der Waals surface area contributed by atoms with Crippen molar-refractivity contribution in [2.45, 2.75) is 25.6 Å². The van der Waals surface area contributed by atoms with Gasteiger partial charge in [-0.05, 0) is 17.4 Å². The van der Waals surface area contributed by atoms with Gasteiger partial charge in [0.15, 0.2) is 0 Å². The van der Waals surface area contributed by atoms with Crippen molar-refractivity contribution in [1.82, 2.24) is 0 Å². The second-order valence-corrected chi connectivity index (χ2v) is 9.97. The van der Waals surface area contributed by atoms with Crippen LogP contribution in [-0.4, -0.2) is 8.07 Å². The summed E-state index contributed by atoms with van der Waals surface area (Å²) in [6.07, 6.45) is 2.16. The zero-order valence-electron chi connectivity index (χ0n) is 9.90. The molecule has 2 rings (SSSR count). The molecule has 0 saturated heterocycles. The van der Waals surface area contributed by atoms with E-state index in [1.54, 1.807) is 5.19 Å². The molecular weight excluding hydrogens is 196 g/mol. The fourth-order valence-corrected chi connectivity index (χ4v) is 7.32. The molecule has 1 heteroatoms. The Morgan fingerprint density at radius 3 is 2.27 bits per heavy atom. The topological polar surface area (TPSA) is 0 Å². The van der Waals surface area contributed by atoms with E-state index in [1.165, 1.54) is 0 Å². The van der Waals surface area contributed by atoms with Crippen molar-refractivity contribution in [3.63, 3.8) is 0 Å². The maximum absolute atomic E-state index is 3.95. The zero-order valence-corrected chi connectivity index (χ0v) is 10.9. The predicted octanol–water partition coefficient (Wildman–Crippen LogP) is 3.42. The first kappa shape index (κ1) is 10.7. The Bertz CT molecular complexity index is 353. The van der Waals surface area contributed by atoms with Crippen molar-refractivity contribution < 1.29 is 0 Å². The monoisotopic (exact) mass is 216 g/mol. The lowest BCUT2D eigenvalue weighted by Crippen LogP contribution is -2.42. The molecule has 80 valence electrons. The summed E-state index contributed by atoms with van der Waals surface area (Å²) in [5.74, 6) is 1.62. The van der Waals surface area contributed by atoms with E-state index in [1.807, 2.05) is 0 Å². The van der Waals surface area contributed by atoms with Gasteiger partial charge in [-0.1, -0.05) is 61.6 Å². The average molecular weight is 216 g/mol. The molecule has 0 N–H and O–H groups in total. The molecular formula is C14H20Si. The third-order valence-electron chi connectivity index (χ3n) is 4.07. The van der Waals surface area contributed by atoms with Crippen LogP contribution in [0.25, 0.3) is 0 Å². The smallest absolute Gasteiger partial charge is 0.0845 e. The van der Waals surface area contributed by atoms with Gasteiger partial charge in [-0.25, -0.2) is 0 Å². The SMILES string of the molecule is C=C[C@@H]1[C@H](C)[C@@H]1[Si](C)(C)c1ccccc1. The van der Waals surface area contributed by atoms with Gasteiger partial charge < -0.3 is 0 Å². The highest BCUT2D eigenvalue weighted by molar-refractivity contribution is 6.91. The molecule has 15 heavy (non-hydrogen) atoms. The van der Waals surface area contributed by atoms with Crippen molar-refractivity contribution in [3.05, 3.63) is 43.0 Å². The lowest BCUT2D eigenvalue weighted by Gasteiger charge is -2.23. The standard InChI is InChI=1S/C14H20Si/c1-5-13-11(2)14(13)15(3,4)12-9-7-6-8-10-12/h5-11,13-14H,1H2,2-4H3/t11-,13+,14-/m0/s1. The van der Waals surface area contributed by atoms with Crippen LogP contribution in [0.4, 0.5) is 0 Å². The Kier molecular flexibility index (Phi) is 2.59. The van der Waals surface area contributed by atoms with E-state index in [9.17, 15) is 0 Å². The first-order valence-corrected chi connectivity index (χ1v) is 8.85. The molecule has 0 heterocycles. The molecule has 1 aliphatic rings. The highest BCUT2D eigenvalue weighted by Gasteiger charge is 2.54. The summed E-state index contributed by atoms with van der Waals surface area (Å²) in [7, 11) is -1.26. The zero-order chi connectivity index (χ0) is 11.1. The average Bonchev–Trinajstić information content (AvgIpc) is 2.91. The molecule has 0 spiro atoms. The van der Waals surface area contributed by atoms with Gasteiger partial charge in [-0.15, -0.1) is 6.58 Å². The first-order chi connectivity index (χ1) is 7.09. The summed E-state index contributed by atoms with van der Waals surface area (Å²) in [6, 6.07) is 11.0. The van der Waals surface area contributed by atoms with E-state index in [0.717, 1.165) is 17.4 Å². The number of hydrogen-bond donors (Lipinski definition) is 0. The van der Waals surface area contributed by atoms with Crippen LogP contribution in [0, 0.1) is 11.8 Å². The fourth-order valence-electron chi connectivity index (χ4n) is 3.05. The lowest BCUT2D eigenvalue weighted by molar-refractivity contribution is 0.899. The number of hydrogen-bond acceptors (Lipinski definition) is 0. The van der Waals surface area contributed by atoms with Crippen molar-refractivity contribution in [1.29, 1.82) is 0 Å².